The fourth-order valence-corrected chi connectivity index (χ4v) is 5.52. The molecular weight excluding hydrogens is 585 g/mol. The zero-order chi connectivity index (χ0) is 30.0. The van der Waals surface area contributed by atoms with E-state index in [-0.39, 0.29) is 23.8 Å². The van der Waals surface area contributed by atoms with Crippen molar-refractivity contribution in [2.45, 2.75) is 51.3 Å². The Morgan fingerprint density at radius 3 is 2.34 bits per heavy atom. The van der Waals surface area contributed by atoms with Gasteiger partial charge in [0.05, 0.1) is 0 Å². The summed E-state index contributed by atoms with van der Waals surface area (Å²) in [6.07, 6.45) is 1.21. The summed E-state index contributed by atoms with van der Waals surface area (Å²) in [4.78, 5) is 44.5. The lowest BCUT2D eigenvalue weighted by Gasteiger charge is -2.35. The minimum absolute atomic E-state index is 0.0617. The number of rotatable bonds is 8. The van der Waals surface area contributed by atoms with E-state index in [2.05, 4.69) is 9.88 Å². The summed E-state index contributed by atoms with van der Waals surface area (Å²) >= 11 is 7.78. The Kier molecular flexibility index (Phi) is 12.2. The SMILES string of the molecule is CC(=O)N1CCC(C(=O)N(CCCN2CCC(Oc3nccs3)CC2)c2cccc(Cl)c2)CC1.O=C(O)C(F)(F)F. The van der Waals surface area contributed by atoms with Crippen LogP contribution < -0.4 is 9.64 Å². The molecule has 0 unspecified atom stereocenters. The number of nitrogens with zero attached hydrogens (tertiary/aromatic N) is 4. The fraction of sp³-hybridized carbons (Fsp3) is 0.556. The first-order valence-corrected chi connectivity index (χ1v) is 14.6. The molecule has 0 spiro atoms. The maximum Gasteiger partial charge on any atom is 0.490 e. The van der Waals surface area contributed by atoms with Crippen molar-refractivity contribution < 1.29 is 37.4 Å². The van der Waals surface area contributed by atoms with Crippen LogP contribution in [-0.4, -0.2) is 89.2 Å². The highest BCUT2D eigenvalue weighted by molar-refractivity contribution is 7.11. The van der Waals surface area contributed by atoms with Crippen molar-refractivity contribution in [3.05, 3.63) is 40.9 Å². The third-order valence-corrected chi connectivity index (χ3v) is 7.88. The molecule has 2 fully saturated rings. The third kappa shape index (κ3) is 10.5. The second-order valence-electron chi connectivity index (χ2n) is 9.86. The van der Waals surface area contributed by atoms with E-state index in [4.69, 9.17) is 26.2 Å². The number of hydrogen-bond donors (Lipinski definition) is 1. The molecule has 4 rings (SSSR count). The number of halogens is 4. The van der Waals surface area contributed by atoms with Gasteiger partial charge >= 0.3 is 12.1 Å². The molecule has 14 heteroatoms. The highest BCUT2D eigenvalue weighted by Gasteiger charge is 2.38. The second kappa shape index (κ2) is 15.4. The summed E-state index contributed by atoms with van der Waals surface area (Å²) in [6, 6.07) is 7.54. The number of aliphatic carboxylic acids is 1. The first-order valence-electron chi connectivity index (χ1n) is 13.3. The number of carbonyl (C=O) groups is 3. The summed E-state index contributed by atoms with van der Waals surface area (Å²) in [7, 11) is 0. The van der Waals surface area contributed by atoms with Gasteiger partial charge in [0.15, 0.2) is 0 Å². The number of likely N-dealkylation sites (tertiary alicyclic amines) is 2. The first-order chi connectivity index (χ1) is 19.4. The van der Waals surface area contributed by atoms with Gasteiger partial charge in [0.25, 0.3) is 5.19 Å². The van der Waals surface area contributed by atoms with Gasteiger partial charge in [-0.2, -0.15) is 13.2 Å². The van der Waals surface area contributed by atoms with Gasteiger partial charge in [-0.25, -0.2) is 9.78 Å². The van der Waals surface area contributed by atoms with Crippen LogP contribution in [0, 0.1) is 5.92 Å². The molecule has 0 saturated carbocycles. The van der Waals surface area contributed by atoms with E-state index in [1.807, 2.05) is 39.4 Å². The van der Waals surface area contributed by atoms with E-state index in [1.54, 1.807) is 13.1 Å². The number of ether oxygens (including phenoxy) is 1. The number of piperidine rings is 2. The standard InChI is InChI=1S/C25H33ClN4O3S.C2HF3O2/c1-19(31)29-15-6-20(7-16-29)24(32)30(22-5-2-4-21(26)18-22)12-3-11-28-13-8-23(9-14-28)33-25-27-10-17-34-25;3-2(4,5)1(6)7/h2,4-5,10,17-18,20,23H,3,6-9,11-16H2,1H3;(H,6,7). The van der Waals surface area contributed by atoms with Crippen molar-refractivity contribution in [2.75, 3.05) is 44.2 Å². The number of anilines is 1. The van der Waals surface area contributed by atoms with Crippen LogP contribution in [0.2, 0.25) is 5.02 Å². The maximum atomic E-state index is 13.5. The normalized spacial score (nSPS) is 17.0. The van der Waals surface area contributed by atoms with Crippen molar-refractivity contribution in [2.24, 2.45) is 5.92 Å². The van der Waals surface area contributed by atoms with E-state index < -0.39 is 12.1 Å². The molecule has 0 atom stereocenters. The molecule has 1 aromatic heterocycles. The van der Waals surface area contributed by atoms with Gasteiger partial charge in [-0.3, -0.25) is 9.59 Å². The molecule has 2 aliphatic heterocycles. The van der Waals surface area contributed by atoms with Crippen LogP contribution in [-0.2, 0) is 14.4 Å². The molecule has 226 valence electrons. The lowest BCUT2D eigenvalue weighted by Crippen LogP contribution is -2.45. The van der Waals surface area contributed by atoms with Gasteiger partial charge in [0, 0.05) is 67.9 Å². The van der Waals surface area contributed by atoms with E-state index in [1.165, 1.54) is 11.3 Å². The van der Waals surface area contributed by atoms with Gasteiger partial charge in [-0.1, -0.05) is 29.0 Å². The van der Waals surface area contributed by atoms with Crippen LogP contribution in [0.25, 0.3) is 0 Å². The Morgan fingerprint density at radius 1 is 1.15 bits per heavy atom. The van der Waals surface area contributed by atoms with E-state index in [9.17, 15) is 22.8 Å². The molecule has 0 radical (unpaired) electrons. The van der Waals surface area contributed by atoms with Gasteiger partial charge in [0.1, 0.15) is 6.10 Å². The molecule has 2 saturated heterocycles. The van der Waals surface area contributed by atoms with Crippen LogP contribution >= 0.6 is 22.9 Å². The molecular formula is C27H34ClF3N4O5S. The Bertz CT molecular complexity index is 1140. The van der Waals surface area contributed by atoms with Crippen LogP contribution in [0.4, 0.5) is 18.9 Å². The van der Waals surface area contributed by atoms with Crippen molar-refractivity contribution in [1.29, 1.82) is 0 Å². The Hall–Kier alpha value is -2.90. The smallest absolute Gasteiger partial charge is 0.475 e. The summed E-state index contributed by atoms with van der Waals surface area (Å²) in [5.74, 6) is -2.60. The Morgan fingerprint density at radius 2 is 1.80 bits per heavy atom. The van der Waals surface area contributed by atoms with Crippen molar-refractivity contribution >= 4 is 46.4 Å². The molecule has 1 aromatic carbocycles. The van der Waals surface area contributed by atoms with E-state index >= 15 is 0 Å². The molecule has 1 N–H and O–H groups in total. The molecule has 2 aliphatic rings. The number of carbonyl (C=O) groups excluding carboxylic acids is 2. The summed E-state index contributed by atoms with van der Waals surface area (Å²) in [5, 5.41) is 10.4. The molecule has 2 aromatic rings. The lowest BCUT2D eigenvalue weighted by atomic mass is 9.94. The predicted octanol–water partition coefficient (Wildman–Crippen LogP) is 4.95. The quantitative estimate of drug-likeness (QED) is 0.446. The minimum Gasteiger partial charge on any atom is -0.475 e. The number of thiazole rings is 1. The number of carboxylic acid groups (broad SMARTS) is 1. The van der Waals surface area contributed by atoms with Crippen molar-refractivity contribution in [3.8, 4) is 5.19 Å². The Balaban J connectivity index is 0.000000587. The monoisotopic (exact) mass is 618 g/mol. The van der Waals surface area contributed by atoms with Gasteiger partial charge in [-0.05, 0) is 56.8 Å². The molecule has 9 nitrogen and oxygen atoms in total. The van der Waals surface area contributed by atoms with Crippen LogP contribution in [0.15, 0.2) is 35.8 Å². The lowest BCUT2D eigenvalue weighted by molar-refractivity contribution is -0.192. The number of benzene rings is 1. The van der Waals surface area contributed by atoms with Gasteiger partial charge in [-0.15, -0.1) is 0 Å². The van der Waals surface area contributed by atoms with Crippen molar-refractivity contribution in [3.63, 3.8) is 0 Å². The molecule has 3 heterocycles. The van der Waals surface area contributed by atoms with Crippen LogP contribution in [0.5, 0.6) is 5.19 Å². The summed E-state index contributed by atoms with van der Waals surface area (Å²) in [6.45, 7) is 6.46. The maximum absolute atomic E-state index is 13.5. The van der Waals surface area contributed by atoms with Gasteiger partial charge < -0.3 is 24.5 Å². The zero-order valence-corrected chi connectivity index (χ0v) is 24.3. The average Bonchev–Trinajstić information content (AvgIpc) is 3.45. The molecule has 0 aliphatic carbocycles. The number of amides is 2. The topological polar surface area (TPSA) is 103 Å². The minimum atomic E-state index is -5.08. The van der Waals surface area contributed by atoms with E-state index in [0.29, 0.717) is 37.5 Å². The first kappa shape index (κ1) is 32.6. The highest BCUT2D eigenvalue weighted by Crippen LogP contribution is 2.26. The summed E-state index contributed by atoms with van der Waals surface area (Å²) < 4.78 is 37.7. The van der Waals surface area contributed by atoms with Crippen LogP contribution in [0.1, 0.15) is 39.0 Å². The third-order valence-electron chi connectivity index (χ3n) is 6.99. The molecule has 41 heavy (non-hydrogen) atoms. The van der Waals surface area contributed by atoms with Crippen LogP contribution in [0.3, 0.4) is 0 Å². The fourth-order valence-electron chi connectivity index (χ4n) is 4.79. The second-order valence-corrected chi connectivity index (χ2v) is 11.2. The van der Waals surface area contributed by atoms with Crippen molar-refractivity contribution in [1.82, 2.24) is 14.8 Å². The number of carboxylic acids is 1. The molecule has 2 amide bonds. The number of aromatic nitrogens is 1. The zero-order valence-electron chi connectivity index (χ0n) is 22.7. The van der Waals surface area contributed by atoms with E-state index in [0.717, 1.165) is 49.8 Å². The Labute approximate surface area is 245 Å². The molecule has 0 bridgehead atoms. The predicted molar refractivity (Wildman–Crippen MR) is 149 cm³/mol. The van der Waals surface area contributed by atoms with Gasteiger partial charge in [0.2, 0.25) is 11.8 Å². The summed E-state index contributed by atoms with van der Waals surface area (Å²) in [5.41, 5.74) is 0.849. The largest absolute Gasteiger partial charge is 0.490 e. The highest BCUT2D eigenvalue weighted by atomic mass is 35.5. The number of hydrogen-bond acceptors (Lipinski definition) is 7. The average molecular weight is 619 g/mol. The number of alkyl halides is 3.